The van der Waals surface area contributed by atoms with Crippen molar-refractivity contribution in [3.8, 4) is 5.75 Å². The molecule has 4 nitrogen and oxygen atoms in total. The van der Waals surface area contributed by atoms with Crippen LogP contribution in [-0.4, -0.2) is 26.2 Å². The maximum atomic E-state index is 5.87. The molecule has 0 aromatic heterocycles. The maximum absolute atomic E-state index is 5.87. The summed E-state index contributed by atoms with van der Waals surface area (Å²) in [7, 11) is 1.81. The minimum absolute atomic E-state index is 0.527. The topological polar surface area (TPSA) is 45.7 Å². The zero-order valence-electron chi connectivity index (χ0n) is 13.4. The number of para-hydroxylation sites is 1. The molecule has 1 saturated carbocycles. The summed E-state index contributed by atoms with van der Waals surface area (Å²) in [5.41, 5.74) is 1.16. The van der Waals surface area contributed by atoms with E-state index in [9.17, 15) is 0 Å². The number of hydrogen-bond donors (Lipinski definition) is 2. The average Bonchev–Trinajstić information content (AvgIpc) is 3.30. The summed E-state index contributed by atoms with van der Waals surface area (Å²) in [6.45, 7) is 6.80. The molecule has 1 aromatic carbocycles. The van der Waals surface area contributed by atoms with Crippen LogP contribution in [-0.2, 0) is 6.54 Å². The number of aliphatic imine (C=N–C) groups is 1. The molecule has 0 amide bonds. The Balaban J connectivity index is 1.85. The van der Waals surface area contributed by atoms with Gasteiger partial charge in [-0.15, -0.1) is 0 Å². The van der Waals surface area contributed by atoms with Crippen molar-refractivity contribution < 1.29 is 4.74 Å². The molecule has 116 valence electrons. The molecule has 0 atom stereocenters. The molecule has 0 saturated heterocycles. The molecule has 1 aromatic rings. The van der Waals surface area contributed by atoms with Crippen molar-refractivity contribution in [3.63, 3.8) is 0 Å². The third kappa shape index (κ3) is 5.66. The summed E-state index contributed by atoms with van der Waals surface area (Å²) >= 11 is 0. The van der Waals surface area contributed by atoms with Crippen LogP contribution in [0, 0.1) is 11.8 Å². The summed E-state index contributed by atoms with van der Waals surface area (Å²) < 4.78 is 5.87. The summed E-state index contributed by atoms with van der Waals surface area (Å²) in [4.78, 5) is 4.26. The first kappa shape index (κ1) is 15.7. The lowest BCUT2D eigenvalue weighted by Gasteiger charge is -2.15. The fourth-order valence-electron chi connectivity index (χ4n) is 2.01. The maximum Gasteiger partial charge on any atom is 0.191 e. The van der Waals surface area contributed by atoms with Crippen molar-refractivity contribution >= 4 is 5.96 Å². The van der Waals surface area contributed by atoms with Crippen LogP contribution >= 0.6 is 0 Å². The highest BCUT2D eigenvalue weighted by atomic mass is 16.5. The second kappa shape index (κ2) is 7.91. The van der Waals surface area contributed by atoms with E-state index in [0.29, 0.717) is 5.92 Å². The van der Waals surface area contributed by atoms with Gasteiger partial charge < -0.3 is 15.4 Å². The minimum atomic E-state index is 0.527. The number of nitrogens with zero attached hydrogens (tertiary/aromatic N) is 1. The van der Waals surface area contributed by atoms with Crippen LogP contribution in [0.25, 0.3) is 0 Å². The average molecular weight is 289 g/mol. The molecule has 0 unspecified atom stereocenters. The summed E-state index contributed by atoms with van der Waals surface area (Å²) in [6, 6.07) is 8.18. The quantitative estimate of drug-likeness (QED) is 0.599. The Labute approximate surface area is 128 Å². The van der Waals surface area contributed by atoms with Crippen molar-refractivity contribution in [2.24, 2.45) is 16.8 Å². The van der Waals surface area contributed by atoms with Gasteiger partial charge in [0.05, 0.1) is 6.61 Å². The van der Waals surface area contributed by atoms with Crippen molar-refractivity contribution in [1.82, 2.24) is 10.6 Å². The van der Waals surface area contributed by atoms with E-state index in [1.54, 1.807) is 0 Å². The van der Waals surface area contributed by atoms with Gasteiger partial charge in [-0.05, 0) is 30.7 Å². The van der Waals surface area contributed by atoms with Crippen LogP contribution in [0.5, 0.6) is 5.75 Å². The van der Waals surface area contributed by atoms with E-state index in [4.69, 9.17) is 4.74 Å². The molecule has 0 heterocycles. The van der Waals surface area contributed by atoms with Crippen LogP contribution in [0.2, 0.25) is 0 Å². The Hall–Kier alpha value is -1.71. The lowest BCUT2D eigenvalue weighted by molar-refractivity contribution is 0.268. The van der Waals surface area contributed by atoms with Gasteiger partial charge in [0, 0.05) is 25.7 Å². The van der Waals surface area contributed by atoms with Gasteiger partial charge in [0.2, 0.25) is 0 Å². The monoisotopic (exact) mass is 289 g/mol. The van der Waals surface area contributed by atoms with E-state index in [0.717, 1.165) is 42.9 Å². The lowest BCUT2D eigenvalue weighted by atomic mass is 10.2. The molecule has 4 heteroatoms. The third-order valence-electron chi connectivity index (χ3n) is 3.47. The Kier molecular flexibility index (Phi) is 5.90. The van der Waals surface area contributed by atoms with Crippen LogP contribution in [0.15, 0.2) is 29.3 Å². The Bertz CT molecular complexity index is 467. The van der Waals surface area contributed by atoms with Gasteiger partial charge in [-0.3, -0.25) is 4.99 Å². The molecular weight excluding hydrogens is 262 g/mol. The van der Waals surface area contributed by atoms with Crippen molar-refractivity contribution in [2.75, 3.05) is 20.2 Å². The van der Waals surface area contributed by atoms with Gasteiger partial charge in [0.15, 0.2) is 5.96 Å². The first-order valence-electron chi connectivity index (χ1n) is 7.84. The van der Waals surface area contributed by atoms with Crippen LogP contribution in [0.1, 0.15) is 32.3 Å². The first-order chi connectivity index (χ1) is 10.2. The van der Waals surface area contributed by atoms with Gasteiger partial charge in [-0.2, -0.15) is 0 Å². The van der Waals surface area contributed by atoms with Crippen LogP contribution in [0.3, 0.4) is 0 Å². The van der Waals surface area contributed by atoms with E-state index in [2.05, 4.69) is 35.5 Å². The van der Waals surface area contributed by atoms with Gasteiger partial charge in [-0.1, -0.05) is 32.0 Å². The summed E-state index contributed by atoms with van der Waals surface area (Å²) in [6.07, 6.45) is 2.69. The number of benzene rings is 1. The Morgan fingerprint density at radius 3 is 2.71 bits per heavy atom. The lowest BCUT2D eigenvalue weighted by Crippen LogP contribution is -2.37. The Morgan fingerprint density at radius 1 is 1.29 bits per heavy atom. The van der Waals surface area contributed by atoms with E-state index in [1.165, 1.54) is 12.8 Å². The number of rotatable bonds is 7. The highest BCUT2D eigenvalue weighted by Crippen LogP contribution is 2.27. The molecule has 2 rings (SSSR count). The first-order valence-corrected chi connectivity index (χ1v) is 7.84. The van der Waals surface area contributed by atoms with Crippen LogP contribution < -0.4 is 15.4 Å². The molecule has 1 aliphatic carbocycles. The largest absolute Gasteiger partial charge is 0.493 e. The molecule has 2 N–H and O–H groups in total. The molecule has 0 bridgehead atoms. The minimum Gasteiger partial charge on any atom is -0.493 e. The number of nitrogens with one attached hydrogen (secondary N) is 2. The van der Waals surface area contributed by atoms with Gasteiger partial charge in [0.1, 0.15) is 5.75 Å². The zero-order valence-corrected chi connectivity index (χ0v) is 13.4. The van der Waals surface area contributed by atoms with Gasteiger partial charge in [-0.25, -0.2) is 0 Å². The van der Waals surface area contributed by atoms with E-state index < -0.39 is 0 Å². The second-order valence-electron chi connectivity index (χ2n) is 6.06. The van der Waals surface area contributed by atoms with E-state index >= 15 is 0 Å². The van der Waals surface area contributed by atoms with Gasteiger partial charge in [0.25, 0.3) is 0 Å². The summed E-state index contributed by atoms with van der Waals surface area (Å²) in [5, 5.41) is 6.73. The second-order valence-corrected chi connectivity index (χ2v) is 6.06. The standard InChI is InChI=1S/C17H27N3O/c1-13(2)12-21-16-7-5-4-6-15(16)11-20-17(18-3)19-10-14-8-9-14/h4-7,13-14H,8-12H2,1-3H3,(H2,18,19,20). The SMILES string of the molecule is CN=C(NCc1ccccc1OCC(C)C)NCC1CC1. The number of ether oxygens (including phenoxy) is 1. The predicted octanol–water partition coefficient (Wildman–Crippen LogP) is 2.80. The van der Waals surface area contributed by atoms with Crippen LogP contribution in [0.4, 0.5) is 0 Å². The van der Waals surface area contributed by atoms with E-state index in [-0.39, 0.29) is 0 Å². The molecule has 0 spiro atoms. The van der Waals surface area contributed by atoms with Crippen molar-refractivity contribution in [3.05, 3.63) is 29.8 Å². The third-order valence-corrected chi connectivity index (χ3v) is 3.47. The number of guanidine groups is 1. The molecule has 0 aliphatic heterocycles. The molecule has 0 radical (unpaired) electrons. The van der Waals surface area contributed by atoms with E-state index in [1.807, 2.05) is 25.2 Å². The highest BCUT2D eigenvalue weighted by molar-refractivity contribution is 5.79. The normalized spacial score (nSPS) is 15.1. The molecular formula is C17H27N3O. The van der Waals surface area contributed by atoms with Crippen molar-refractivity contribution in [2.45, 2.75) is 33.2 Å². The zero-order chi connectivity index (χ0) is 15.1. The fourth-order valence-corrected chi connectivity index (χ4v) is 2.01. The smallest absolute Gasteiger partial charge is 0.191 e. The molecule has 1 aliphatic rings. The predicted molar refractivity (Wildman–Crippen MR) is 87.7 cm³/mol. The molecule has 21 heavy (non-hydrogen) atoms. The Morgan fingerprint density at radius 2 is 2.05 bits per heavy atom. The number of hydrogen-bond acceptors (Lipinski definition) is 2. The van der Waals surface area contributed by atoms with Gasteiger partial charge >= 0.3 is 0 Å². The fraction of sp³-hybridized carbons (Fsp3) is 0.588. The highest BCUT2D eigenvalue weighted by Gasteiger charge is 2.21. The molecule has 1 fully saturated rings. The summed E-state index contributed by atoms with van der Waals surface area (Å²) in [5.74, 6) is 3.18. The van der Waals surface area contributed by atoms with Crippen molar-refractivity contribution in [1.29, 1.82) is 0 Å².